The third-order valence-electron chi connectivity index (χ3n) is 6.37. The Morgan fingerprint density at radius 2 is 0.936 bits per heavy atom. The lowest BCUT2D eigenvalue weighted by Crippen LogP contribution is -2.77. The maximum absolute atomic E-state index is 14.2. The number of alkyl halides is 21. The number of rotatable bonds is 14. The van der Waals surface area contributed by atoms with Crippen LogP contribution in [0.3, 0.4) is 0 Å². The molecular formula is C23H19F21N2O. The van der Waals surface area contributed by atoms with Crippen molar-refractivity contribution in [3.63, 3.8) is 0 Å². The van der Waals surface area contributed by atoms with E-state index < -0.39 is 71.8 Å². The topological polar surface area (TPSA) is 24.8 Å². The van der Waals surface area contributed by atoms with E-state index >= 15 is 0 Å². The van der Waals surface area contributed by atoms with Crippen LogP contribution in [0.25, 0.3) is 0 Å². The SMILES string of the molecule is CCN(C)/C=N/c1cc(C)c(OCC(F)(F)C(F)(F)C(F)(F)C(F)(F)C(F)(F)C(F)(F)C(F)(F)C(F)(F)C(F)(F)C(F)(F)F)cc1C. The predicted octanol–water partition coefficient (Wildman–Crippen LogP) is 9.57. The highest BCUT2D eigenvalue weighted by atomic mass is 19.4. The van der Waals surface area contributed by atoms with Crippen LogP contribution in [-0.2, 0) is 0 Å². The van der Waals surface area contributed by atoms with Crippen LogP contribution >= 0.6 is 0 Å². The highest BCUT2D eigenvalue weighted by Crippen LogP contribution is 2.66. The fourth-order valence-electron chi connectivity index (χ4n) is 3.16. The van der Waals surface area contributed by atoms with E-state index in [2.05, 4.69) is 9.73 Å². The van der Waals surface area contributed by atoms with Crippen molar-refractivity contribution in [1.82, 2.24) is 4.90 Å². The Kier molecular flexibility index (Phi) is 10.9. The van der Waals surface area contributed by atoms with Crippen molar-refractivity contribution in [3.05, 3.63) is 23.3 Å². The summed E-state index contributed by atoms with van der Waals surface area (Å²) in [4.78, 5) is 5.47. The van der Waals surface area contributed by atoms with Gasteiger partial charge in [-0.15, -0.1) is 0 Å². The summed E-state index contributed by atoms with van der Waals surface area (Å²) in [6.45, 7) is 1.13. The van der Waals surface area contributed by atoms with E-state index in [9.17, 15) is 92.2 Å². The lowest BCUT2D eigenvalue weighted by molar-refractivity contribution is -0.474. The van der Waals surface area contributed by atoms with Crippen molar-refractivity contribution in [1.29, 1.82) is 0 Å². The average Bonchev–Trinajstić information content (AvgIpc) is 2.90. The number of nitrogens with zero attached hydrogens (tertiary/aromatic N) is 2. The van der Waals surface area contributed by atoms with Crippen molar-refractivity contribution >= 4 is 12.0 Å². The molecule has 0 radical (unpaired) electrons. The van der Waals surface area contributed by atoms with Gasteiger partial charge in [0, 0.05) is 13.6 Å². The lowest BCUT2D eigenvalue weighted by Gasteiger charge is -2.44. The normalized spacial score (nSPS) is 15.4. The number of aryl methyl sites for hydroxylation is 2. The molecule has 0 aromatic heterocycles. The third kappa shape index (κ3) is 6.32. The molecule has 0 atom stereocenters. The molecule has 0 heterocycles. The molecule has 47 heavy (non-hydrogen) atoms. The summed E-state index contributed by atoms with van der Waals surface area (Å²) in [6, 6.07) is 1.76. The van der Waals surface area contributed by atoms with Crippen LogP contribution in [0.1, 0.15) is 18.1 Å². The van der Waals surface area contributed by atoms with Crippen LogP contribution in [0, 0.1) is 13.8 Å². The Labute approximate surface area is 249 Å². The largest absolute Gasteiger partial charge is 0.487 e. The average molecular weight is 738 g/mol. The predicted molar refractivity (Wildman–Crippen MR) is 118 cm³/mol. The smallest absolute Gasteiger partial charge is 0.460 e. The summed E-state index contributed by atoms with van der Waals surface area (Å²) < 4.78 is 288. The third-order valence-corrected chi connectivity index (χ3v) is 6.37. The van der Waals surface area contributed by atoms with Gasteiger partial charge in [0.2, 0.25) is 0 Å². The lowest BCUT2D eigenvalue weighted by atomic mass is 9.86. The van der Waals surface area contributed by atoms with E-state index in [1.807, 2.05) is 0 Å². The van der Waals surface area contributed by atoms with Crippen LogP contribution in [0.4, 0.5) is 97.9 Å². The quantitative estimate of drug-likeness (QED) is 0.108. The number of benzene rings is 1. The van der Waals surface area contributed by atoms with E-state index in [-0.39, 0.29) is 16.8 Å². The van der Waals surface area contributed by atoms with Crippen molar-refractivity contribution < 1.29 is 96.9 Å². The van der Waals surface area contributed by atoms with Crippen molar-refractivity contribution in [2.45, 2.75) is 80.3 Å². The molecule has 0 aliphatic heterocycles. The molecule has 1 aromatic carbocycles. The second-order valence-electron chi connectivity index (χ2n) is 9.81. The van der Waals surface area contributed by atoms with Crippen molar-refractivity contribution in [2.24, 2.45) is 4.99 Å². The number of hydrogen-bond acceptors (Lipinski definition) is 2. The van der Waals surface area contributed by atoms with Crippen LogP contribution in [0.15, 0.2) is 17.1 Å². The Morgan fingerprint density at radius 1 is 0.574 bits per heavy atom. The summed E-state index contributed by atoms with van der Waals surface area (Å²) in [6.07, 6.45) is -6.78. The first kappa shape index (κ1) is 42.0. The summed E-state index contributed by atoms with van der Waals surface area (Å²) in [5.41, 5.74) is -0.242. The van der Waals surface area contributed by atoms with Crippen LogP contribution < -0.4 is 4.74 Å². The molecule has 1 aromatic rings. The Bertz CT molecular complexity index is 1300. The zero-order chi connectivity index (χ0) is 37.8. The molecule has 0 unspecified atom stereocenters. The van der Waals surface area contributed by atoms with Crippen LogP contribution in [0.2, 0.25) is 0 Å². The van der Waals surface area contributed by atoms with Gasteiger partial charge in [-0.05, 0) is 44.0 Å². The van der Waals surface area contributed by atoms with Crippen molar-refractivity contribution in [3.8, 4) is 5.75 Å². The van der Waals surface area contributed by atoms with Gasteiger partial charge in [-0.1, -0.05) is 0 Å². The van der Waals surface area contributed by atoms with Gasteiger partial charge < -0.3 is 9.64 Å². The second kappa shape index (κ2) is 12.2. The maximum Gasteiger partial charge on any atom is 0.460 e. The maximum atomic E-state index is 14.2. The number of hydrogen-bond donors (Lipinski definition) is 0. The monoisotopic (exact) mass is 738 g/mol. The Morgan fingerprint density at radius 3 is 1.30 bits per heavy atom. The molecule has 24 heteroatoms. The van der Waals surface area contributed by atoms with E-state index in [0.717, 1.165) is 19.1 Å². The molecule has 0 aliphatic rings. The minimum absolute atomic E-state index is 0.00556. The molecule has 0 fully saturated rings. The number of halogens is 21. The molecule has 0 saturated carbocycles. The van der Waals surface area contributed by atoms with Gasteiger partial charge in [0.1, 0.15) is 5.75 Å². The van der Waals surface area contributed by atoms with Crippen LogP contribution in [-0.4, -0.2) is 90.9 Å². The highest BCUT2D eigenvalue weighted by Gasteiger charge is 2.97. The molecule has 274 valence electrons. The van der Waals surface area contributed by atoms with Gasteiger partial charge in [-0.2, -0.15) is 92.2 Å². The van der Waals surface area contributed by atoms with Gasteiger partial charge in [-0.3, -0.25) is 0 Å². The first-order valence-corrected chi connectivity index (χ1v) is 11.9. The minimum Gasteiger partial charge on any atom is -0.487 e. The van der Waals surface area contributed by atoms with Gasteiger partial charge in [0.05, 0.1) is 12.0 Å². The van der Waals surface area contributed by atoms with E-state index in [4.69, 9.17) is 0 Å². The molecule has 0 aliphatic carbocycles. The zero-order valence-electron chi connectivity index (χ0n) is 23.4. The van der Waals surface area contributed by atoms with Gasteiger partial charge in [0.15, 0.2) is 6.61 Å². The number of ether oxygens (including phenoxy) is 1. The summed E-state index contributed by atoms with van der Waals surface area (Å²) >= 11 is 0. The molecule has 0 amide bonds. The van der Waals surface area contributed by atoms with E-state index in [1.165, 1.54) is 18.2 Å². The summed E-state index contributed by atoms with van der Waals surface area (Å²) in [7, 11) is 1.55. The fourth-order valence-corrected chi connectivity index (χ4v) is 3.16. The molecule has 0 N–H and O–H groups in total. The van der Waals surface area contributed by atoms with Gasteiger partial charge in [-0.25, -0.2) is 4.99 Å². The molecule has 0 saturated heterocycles. The fraction of sp³-hybridized carbons (Fsp3) is 0.696. The zero-order valence-corrected chi connectivity index (χ0v) is 23.4. The molecular weight excluding hydrogens is 719 g/mol. The Balaban J connectivity index is 3.59. The van der Waals surface area contributed by atoms with E-state index in [0.29, 0.717) is 6.54 Å². The standard InChI is InChI=1S/C23H19F21N2O/c1-5-46(4)9-45-12-6-11(3)13(7-10(12)2)47-8-14(24,25)15(26,27)16(28,29)17(30,31)18(32,33)19(34,35)20(36,37)21(38,39)22(40,41)23(42,43)44/h6-7,9H,5,8H2,1-4H3/b45-9+. The first-order valence-electron chi connectivity index (χ1n) is 11.9. The van der Waals surface area contributed by atoms with Crippen LogP contribution in [0.5, 0.6) is 5.75 Å². The first-order chi connectivity index (χ1) is 20.5. The highest BCUT2D eigenvalue weighted by molar-refractivity contribution is 5.64. The minimum atomic E-state index is -9.21. The van der Waals surface area contributed by atoms with Gasteiger partial charge >= 0.3 is 59.5 Å². The number of aliphatic imine (C=N–C) groups is 1. The van der Waals surface area contributed by atoms with Gasteiger partial charge in [0.25, 0.3) is 0 Å². The van der Waals surface area contributed by atoms with Crippen molar-refractivity contribution in [2.75, 3.05) is 20.2 Å². The van der Waals surface area contributed by atoms with E-state index in [1.54, 1.807) is 14.0 Å². The molecule has 0 bridgehead atoms. The Hall–Kier alpha value is -2.98. The summed E-state index contributed by atoms with van der Waals surface area (Å²) in [5.74, 6) is -78.4. The second-order valence-corrected chi connectivity index (χ2v) is 9.81. The molecule has 1 rings (SSSR count). The molecule has 0 spiro atoms. The molecule has 3 nitrogen and oxygen atoms in total. The summed E-state index contributed by atoms with van der Waals surface area (Å²) in [5, 5.41) is 0.